The van der Waals surface area contributed by atoms with E-state index in [0.717, 1.165) is 29.3 Å². The summed E-state index contributed by atoms with van der Waals surface area (Å²) in [4.78, 5) is 0. The van der Waals surface area contributed by atoms with E-state index in [4.69, 9.17) is 16.3 Å². The van der Waals surface area contributed by atoms with Crippen molar-refractivity contribution < 1.29 is 4.74 Å². The third-order valence-corrected chi connectivity index (χ3v) is 3.37. The smallest absolute Gasteiger partial charge is 0.123 e. The van der Waals surface area contributed by atoms with Crippen molar-refractivity contribution in [2.24, 2.45) is 7.05 Å². The van der Waals surface area contributed by atoms with Crippen LogP contribution in [0, 0.1) is 0 Å². The quantitative estimate of drug-likeness (QED) is 0.854. The molecule has 1 aromatic heterocycles. The largest absolute Gasteiger partial charge is 0.493 e. The van der Waals surface area contributed by atoms with Crippen LogP contribution in [0.15, 0.2) is 30.6 Å². The number of nitrogens with one attached hydrogen (secondary N) is 1. The van der Waals surface area contributed by atoms with Crippen LogP contribution in [0.4, 0.5) is 0 Å². The summed E-state index contributed by atoms with van der Waals surface area (Å²) >= 11 is 6.07. The highest BCUT2D eigenvalue weighted by Crippen LogP contribution is 2.23. The molecule has 0 amide bonds. The van der Waals surface area contributed by atoms with Crippen molar-refractivity contribution in [3.05, 3.63) is 46.7 Å². The average molecular weight is 308 g/mol. The summed E-state index contributed by atoms with van der Waals surface area (Å²) in [6, 6.07) is 6.17. The number of rotatable bonds is 7. The first-order valence-corrected chi connectivity index (χ1v) is 7.54. The molecule has 5 heteroatoms. The topological polar surface area (TPSA) is 39.1 Å². The zero-order valence-corrected chi connectivity index (χ0v) is 13.5. The Morgan fingerprint density at radius 2 is 2.19 bits per heavy atom. The minimum Gasteiger partial charge on any atom is -0.493 e. The Hall–Kier alpha value is -1.52. The summed E-state index contributed by atoms with van der Waals surface area (Å²) in [7, 11) is 1.92. The molecule has 0 bridgehead atoms. The van der Waals surface area contributed by atoms with Gasteiger partial charge in [-0.05, 0) is 23.8 Å². The van der Waals surface area contributed by atoms with Crippen LogP contribution < -0.4 is 10.1 Å². The van der Waals surface area contributed by atoms with Crippen LogP contribution in [0.2, 0.25) is 5.02 Å². The van der Waals surface area contributed by atoms with E-state index in [2.05, 4.69) is 24.3 Å². The van der Waals surface area contributed by atoms with Gasteiger partial charge < -0.3 is 10.1 Å². The van der Waals surface area contributed by atoms with Crippen LogP contribution in [0.3, 0.4) is 0 Å². The number of aryl methyl sites for hydroxylation is 1. The van der Waals surface area contributed by atoms with E-state index in [-0.39, 0.29) is 0 Å². The number of ether oxygens (including phenoxy) is 1. The molecule has 2 rings (SSSR count). The Morgan fingerprint density at radius 3 is 2.86 bits per heavy atom. The Balaban J connectivity index is 1.94. The van der Waals surface area contributed by atoms with E-state index in [1.807, 2.05) is 37.6 Å². The van der Waals surface area contributed by atoms with Crippen molar-refractivity contribution >= 4 is 11.6 Å². The van der Waals surface area contributed by atoms with Crippen LogP contribution in [0.1, 0.15) is 25.0 Å². The van der Waals surface area contributed by atoms with Gasteiger partial charge in [0.15, 0.2) is 0 Å². The van der Waals surface area contributed by atoms with Crippen molar-refractivity contribution in [3.8, 4) is 5.75 Å². The zero-order chi connectivity index (χ0) is 15.2. The van der Waals surface area contributed by atoms with Gasteiger partial charge in [0.25, 0.3) is 0 Å². The Morgan fingerprint density at radius 1 is 1.38 bits per heavy atom. The summed E-state index contributed by atoms with van der Waals surface area (Å²) in [6.45, 7) is 5.61. The van der Waals surface area contributed by atoms with E-state index in [9.17, 15) is 0 Å². The minimum atomic E-state index is 0.423. The monoisotopic (exact) mass is 307 g/mol. The Bertz CT molecular complexity index is 581. The lowest BCUT2D eigenvalue weighted by Crippen LogP contribution is -2.22. The van der Waals surface area contributed by atoms with Crippen molar-refractivity contribution in [1.82, 2.24) is 15.1 Å². The second kappa shape index (κ2) is 7.48. The standard InChI is InChI=1S/C16H22ClN3O/c1-12(2)18-10-14-8-15(17)4-5-16(14)21-7-6-13-9-19-20(3)11-13/h4-5,8-9,11-12,18H,6-7,10H2,1-3H3. The first-order valence-electron chi connectivity index (χ1n) is 7.16. The molecule has 21 heavy (non-hydrogen) atoms. The molecule has 0 aliphatic carbocycles. The van der Waals surface area contributed by atoms with Crippen molar-refractivity contribution in [1.29, 1.82) is 0 Å². The predicted octanol–water partition coefficient (Wildman–Crippen LogP) is 3.19. The summed E-state index contributed by atoms with van der Waals surface area (Å²) in [5, 5.41) is 8.27. The van der Waals surface area contributed by atoms with Crippen LogP contribution >= 0.6 is 11.6 Å². The first-order chi connectivity index (χ1) is 10.0. The molecule has 4 nitrogen and oxygen atoms in total. The molecule has 1 heterocycles. The van der Waals surface area contributed by atoms with Gasteiger partial charge in [-0.3, -0.25) is 4.68 Å². The lowest BCUT2D eigenvalue weighted by Gasteiger charge is -2.14. The number of nitrogens with zero attached hydrogens (tertiary/aromatic N) is 2. The highest BCUT2D eigenvalue weighted by molar-refractivity contribution is 6.30. The van der Waals surface area contributed by atoms with Gasteiger partial charge in [0.2, 0.25) is 0 Å². The molecule has 1 aromatic carbocycles. The van der Waals surface area contributed by atoms with Crippen molar-refractivity contribution in [2.45, 2.75) is 32.9 Å². The zero-order valence-electron chi connectivity index (χ0n) is 12.8. The molecular formula is C16H22ClN3O. The highest BCUT2D eigenvalue weighted by Gasteiger charge is 2.06. The predicted molar refractivity (Wildman–Crippen MR) is 85.8 cm³/mol. The maximum absolute atomic E-state index is 6.07. The van der Waals surface area contributed by atoms with E-state index in [0.29, 0.717) is 12.6 Å². The number of aromatic nitrogens is 2. The molecule has 1 N–H and O–H groups in total. The molecule has 0 radical (unpaired) electrons. The molecule has 0 saturated heterocycles. The van der Waals surface area contributed by atoms with Gasteiger partial charge in [0, 0.05) is 42.8 Å². The van der Waals surface area contributed by atoms with Crippen LogP contribution in [0.25, 0.3) is 0 Å². The molecule has 0 fully saturated rings. The molecular weight excluding hydrogens is 286 g/mol. The fourth-order valence-corrected chi connectivity index (χ4v) is 2.22. The summed E-state index contributed by atoms with van der Waals surface area (Å²) < 4.78 is 7.70. The molecule has 0 spiro atoms. The molecule has 114 valence electrons. The normalized spacial score (nSPS) is 11.1. The molecule has 0 saturated carbocycles. The van der Waals surface area contributed by atoms with Crippen molar-refractivity contribution in [2.75, 3.05) is 6.61 Å². The molecule has 0 atom stereocenters. The van der Waals surface area contributed by atoms with Crippen LogP contribution in [0.5, 0.6) is 5.75 Å². The van der Waals surface area contributed by atoms with Gasteiger partial charge in [-0.25, -0.2) is 0 Å². The minimum absolute atomic E-state index is 0.423. The van der Waals surface area contributed by atoms with Gasteiger partial charge >= 0.3 is 0 Å². The molecule has 2 aromatic rings. The number of halogens is 1. The number of benzene rings is 1. The van der Waals surface area contributed by atoms with E-state index >= 15 is 0 Å². The van der Waals surface area contributed by atoms with Gasteiger partial charge in [0.05, 0.1) is 12.8 Å². The van der Waals surface area contributed by atoms with E-state index in [1.54, 1.807) is 4.68 Å². The highest BCUT2D eigenvalue weighted by atomic mass is 35.5. The Kier molecular flexibility index (Phi) is 5.65. The first kappa shape index (κ1) is 15.9. The fraction of sp³-hybridized carbons (Fsp3) is 0.438. The van der Waals surface area contributed by atoms with Crippen LogP contribution in [-0.4, -0.2) is 22.4 Å². The third-order valence-electron chi connectivity index (χ3n) is 3.13. The average Bonchev–Trinajstić information content (AvgIpc) is 2.84. The SMILES string of the molecule is CC(C)NCc1cc(Cl)ccc1OCCc1cnn(C)c1. The van der Waals surface area contributed by atoms with Gasteiger partial charge in [-0.1, -0.05) is 25.4 Å². The summed E-state index contributed by atoms with van der Waals surface area (Å²) in [5.74, 6) is 0.886. The van der Waals surface area contributed by atoms with E-state index < -0.39 is 0 Å². The summed E-state index contributed by atoms with van der Waals surface area (Å²) in [6.07, 6.45) is 4.71. The summed E-state index contributed by atoms with van der Waals surface area (Å²) in [5.41, 5.74) is 2.26. The number of hydrogen-bond donors (Lipinski definition) is 1. The lowest BCUT2D eigenvalue weighted by molar-refractivity contribution is 0.317. The molecule has 0 unspecified atom stereocenters. The molecule has 0 aliphatic heterocycles. The van der Waals surface area contributed by atoms with Crippen molar-refractivity contribution in [3.63, 3.8) is 0 Å². The maximum Gasteiger partial charge on any atom is 0.123 e. The number of hydrogen-bond acceptors (Lipinski definition) is 3. The second-order valence-electron chi connectivity index (χ2n) is 5.41. The van der Waals surface area contributed by atoms with Crippen LogP contribution in [-0.2, 0) is 20.0 Å². The van der Waals surface area contributed by atoms with Gasteiger partial charge in [-0.15, -0.1) is 0 Å². The fourth-order valence-electron chi connectivity index (χ4n) is 2.02. The van der Waals surface area contributed by atoms with Gasteiger partial charge in [0.1, 0.15) is 5.75 Å². The van der Waals surface area contributed by atoms with Gasteiger partial charge in [-0.2, -0.15) is 5.10 Å². The molecule has 0 aliphatic rings. The second-order valence-corrected chi connectivity index (χ2v) is 5.84. The third kappa shape index (κ3) is 5.06. The lowest BCUT2D eigenvalue weighted by atomic mass is 10.2. The Labute approximate surface area is 131 Å². The maximum atomic E-state index is 6.07. The van der Waals surface area contributed by atoms with E-state index in [1.165, 1.54) is 5.56 Å².